The van der Waals surface area contributed by atoms with Gasteiger partial charge in [-0.1, -0.05) is 0 Å². The van der Waals surface area contributed by atoms with Crippen molar-refractivity contribution in [3.63, 3.8) is 0 Å². The van der Waals surface area contributed by atoms with E-state index in [4.69, 9.17) is 0 Å². The van der Waals surface area contributed by atoms with Crippen molar-refractivity contribution in [2.45, 2.75) is 6.54 Å². The molecule has 0 atom stereocenters. The summed E-state index contributed by atoms with van der Waals surface area (Å²) in [5, 5.41) is 3.32. The maximum Gasteiger partial charge on any atom is 0.120 e. The molecule has 0 amide bonds. The highest BCUT2D eigenvalue weighted by Gasteiger charge is 2.10. The number of piperazine rings is 1. The largest absolute Gasteiger partial charge is 0.348 e. The predicted molar refractivity (Wildman–Crippen MR) is 54.0 cm³/mol. The first-order chi connectivity index (χ1) is 5.95. The van der Waals surface area contributed by atoms with E-state index in [-0.39, 0.29) is 12.4 Å². The first-order valence-electron chi connectivity index (χ1n) is 4.36. The van der Waals surface area contributed by atoms with Crippen LogP contribution in [0.5, 0.6) is 0 Å². The van der Waals surface area contributed by atoms with Gasteiger partial charge in [-0.25, -0.2) is 4.98 Å². The van der Waals surface area contributed by atoms with Crippen LogP contribution in [0.2, 0.25) is 0 Å². The van der Waals surface area contributed by atoms with E-state index in [2.05, 4.69) is 20.2 Å². The zero-order valence-corrected chi connectivity index (χ0v) is 8.31. The summed E-state index contributed by atoms with van der Waals surface area (Å²) in [6.45, 7) is 5.40. The van der Waals surface area contributed by atoms with Crippen molar-refractivity contribution < 1.29 is 0 Å². The van der Waals surface area contributed by atoms with Gasteiger partial charge in [-0.2, -0.15) is 0 Å². The van der Waals surface area contributed by atoms with Gasteiger partial charge in [-0.05, 0) is 0 Å². The van der Waals surface area contributed by atoms with Crippen LogP contribution < -0.4 is 5.32 Å². The van der Waals surface area contributed by atoms with Crippen LogP contribution >= 0.6 is 12.4 Å². The molecular weight excluding hydrogens is 188 g/mol. The summed E-state index contributed by atoms with van der Waals surface area (Å²) in [5.41, 5.74) is 0. The molecule has 1 fully saturated rings. The Kier molecular flexibility index (Phi) is 4.21. The van der Waals surface area contributed by atoms with Gasteiger partial charge in [-0.15, -0.1) is 12.4 Å². The van der Waals surface area contributed by atoms with Crippen LogP contribution in [0.4, 0.5) is 0 Å². The van der Waals surface area contributed by atoms with E-state index in [1.165, 1.54) is 0 Å². The van der Waals surface area contributed by atoms with Crippen molar-refractivity contribution in [1.29, 1.82) is 0 Å². The summed E-state index contributed by atoms with van der Waals surface area (Å²) >= 11 is 0. The van der Waals surface area contributed by atoms with Gasteiger partial charge >= 0.3 is 0 Å². The fourth-order valence-corrected chi connectivity index (χ4v) is 1.47. The minimum atomic E-state index is 0. The Morgan fingerprint density at radius 3 is 2.77 bits per heavy atom. The highest BCUT2D eigenvalue weighted by molar-refractivity contribution is 5.85. The van der Waals surface area contributed by atoms with Crippen LogP contribution in [0.25, 0.3) is 0 Å². The second-order valence-corrected chi connectivity index (χ2v) is 3.06. The third-order valence-electron chi connectivity index (χ3n) is 2.14. The molecule has 0 radical (unpaired) electrons. The van der Waals surface area contributed by atoms with E-state index in [9.17, 15) is 0 Å². The lowest BCUT2D eigenvalue weighted by molar-refractivity contribution is 0.228. The number of imidazole rings is 1. The Morgan fingerprint density at radius 2 is 2.15 bits per heavy atom. The van der Waals surface area contributed by atoms with Crippen LogP contribution in [-0.4, -0.2) is 41.0 Å². The molecule has 13 heavy (non-hydrogen) atoms. The summed E-state index contributed by atoms with van der Waals surface area (Å²) in [6.07, 6.45) is 3.68. The lowest BCUT2D eigenvalue weighted by Gasteiger charge is -2.26. The van der Waals surface area contributed by atoms with E-state index in [1.807, 2.05) is 6.20 Å². The molecule has 1 aromatic rings. The number of nitrogens with one attached hydrogen (secondary N) is 2. The number of aromatic nitrogens is 2. The third kappa shape index (κ3) is 2.99. The average molecular weight is 203 g/mol. The highest BCUT2D eigenvalue weighted by Crippen LogP contribution is 1.98. The van der Waals surface area contributed by atoms with Crippen molar-refractivity contribution in [2.24, 2.45) is 0 Å². The fraction of sp³-hybridized carbons (Fsp3) is 0.625. The smallest absolute Gasteiger partial charge is 0.120 e. The number of nitrogens with zero attached hydrogens (tertiary/aromatic N) is 2. The van der Waals surface area contributed by atoms with Crippen molar-refractivity contribution in [2.75, 3.05) is 26.2 Å². The minimum Gasteiger partial charge on any atom is -0.348 e. The molecule has 0 aromatic carbocycles. The monoisotopic (exact) mass is 202 g/mol. The van der Waals surface area contributed by atoms with E-state index < -0.39 is 0 Å². The fourth-order valence-electron chi connectivity index (χ4n) is 1.47. The van der Waals surface area contributed by atoms with Crippen LogP contribution in [0.15, 0.2) is 12.4 Å². The molecule has 4 nitrogen and oxygen atoms in total. The molecule has 0 spiro atoms. The van der Waals surface area contributed by atoms with Crippen molar-refractivity contribution in [3.05, 3.63) is 18.2 Å². The maximum absolute atomic E-state index is 4.19. The molecule has 74 valence electrons. The molecule has 2 rings (SSSR count). The predicted octanol–water partition coefficient (Wildman–Crippen LogP) is 0.237. The number of hydrogen-bond donors (Lipinski definition) is 2. The first-order valence-corrected chi connectivity index (χ1v) is 4.36. The Morgan fingerprint density at radius 1 is 1.38 bits per heavy atom. The normalized spacial score (nSPS) is 18.2. The molecule has 5 heteroatoms. The van der Waals surface area contributed by atoms with Gasteiger partial charge in [-0.3, -0.25) is 4.90 Å². The molecule has 1 aliphatic rings. The number of aromatic amines is 1. The Labute approximate surface area is 84.1 Å². The van der Waals surface area contributed by atoms with Gasteiger partial charge in [0, 0.05) is 38.6 Å². The van der Waals surface area contributed by atoms with E-state index >= 15 is 0 Å². The number of hydrogen-bond acceptors (Lipinski definition) is 3. The Balaban J connectivity index is 0.000000845. The molecule has 1 aliphatic heterocycles. The zero-order valence-electron chi connectivity index (χ0n) is 7.49. The Hall–Kier alpha value is -0.580. The second kappa shape index (κ2) is 5.21. The van der Waals surface area contributed by atoms with Crippen LogP contribution in [0.3, 0.4) is 0 Å². The van der Waals surface area contributed by atoms with Gasteiger partial charge in [0.2, 0.25) is 0 Å². The summed E-state index contributed by atoms with van der Waals surface area (Å²) in [7, 11) is 0. The molecule has 0 aliphatic carbocycles. The molecular formula is C8H15ClN4. The van der Waals surface area contributed by atoms with Gasteiger partial charge in [0.05, 0.1) is 6.54 Å². The van der Waals surface area contributed by atoms with Crippen molar-refractivity contribution >= 4 is 12.4 Å². The molecule has 2 heterocycles. The van der Waals surface area contributed by atoms with Gasteiger partial charge in [0.15, 0.2) is 0 Å². The van der Waals surface area contributed by atoms with Crippen LogP contribution in [-0.2, 0) is 6.54 Å². The quantitative estimate of drug-likeness (QED) is 0.722. The number of H-pyrrole nitrogens is 1. The van der Waals surface area contributed by atoms with Crippen LogP contribution in [0.1, 0.15) is 5.82 Å². The third-order valence-corrected chi connectivity index (χ3v) is 2.14. The standard InChI is InChI=1S/C8H14N4.ClH/c1-2-11-8(10-1)7-12-5-3-9-4-6-12;/h1-2,9H,3-7H2,(H,10,11);1H. The first kappa shape index (κ1) is 10.5. The van der Waals surface area contributed by atoms with Crippen LogP contribution in [0, 0.1) is 0 Å². The lowest BCUT2D eigenvalue weighted by Crippen LogP contribution is -2.43. The number of halogens is 1. The maximum atomic E-state index is 4.19. The molecule has 2 N–H and O–H groups in total. The molecule has 1 saturated heterocycles. The molecule has 1 aromatic heterocycles. The molecule has 0 saturated carbocycles. The topological polar surface area (TPSA) is 44.0 Å². The van der Waals surface area contributed by atoms with Crippen molar-refractivity contribution in [1.82, 2.24) is 20.2 Å². The number of rotatable bonds is 2. The van der Waals surface area contributed by atoms with E-state index in [1.54, 1.807) is 6.20 Å². The minimum absolute atomic E-state index is 0. The summed E-state index contributed by atoms with van der Waals surface area (Å²) in [6, 6.07) is 0. The highest BCUT2D eigenvalue weighted by atomic mass is 35.5. The van der Waals surface area contributed by atoms with Gasteiger partial charge < -0.3 is 10.3 Å². The van der Waals surface area contributed by atoms with E-state index in [0.29, 0.717) is 0 Å². The lowest BCUT2D eigenvalue weighted by atomic mass is 10.3. The van der Waals surface area contributed by atoms with Gasteiger partial charge in [0.25, 0.3) is 0 Å². The van der Waals surface area contributed by atoms with E-state index in [0.717, 1.165) is 38.5 Å². The molecule has 0 bridgehead atoms. The SMILES string of the molecule is Cl.c1c[nH]c(CN2CCNCC2)n1. The van der Waals surface area contributed by atoms with Crippen molar-refractivity contribution in [3.8, 4) is 0 Å². The summed E-state index contributed by atoms with van der Waals surface area (Å²) in [5.74, 6) is 1.07. The summed E-state index contributed by atoms with van der Waals surface area (Å²) in [4.78, 5) is 9.70. The zero-order chi connectivity index (χ0) is 8.23. The molecule has 0 unspecified atom stereocenters. The second-order valence-electron chi connectivity index (χ2n) is 3.06. The van der Waals surface area contributed by atoms with Gasteiger partial charge in [0.1, 0.15) is 5.82 Å². The Bertz CT molecular complexity index is 218. The summed E-state index contributed by atoms with van der Waals surface area (Å²) < 4.78 is 0. The average Bonchev–Trinajstić information content (AvgIpc) is 2.59.